The summed E-state index contributed by atoms with van der Waals surface area (Å²) in [5, 5.41) is 3.21. The number of hydrogen-bond acceptors (Lipinski definition) is 6. The number of esters is 2. The average Bonchev–Trinajstić information content (AvgIpc) is 3.15. The van der Waals surface area contributed by atoms with Crippen LogP contribution in [0.5, 0.6) is 0 Å². The van der Waals surface area contributed by atoms with Crippen LogP contribution >= 0.6 is 11.6 Å². The maximum Gasteiger partial charge on any atom is 0.408 e. The lowest BCUT2D eigenvalue weighted by Gasteiger charge is -2.37. The molecule has 4 rings (SSSR count). The highest BCUT2D eigenvalue weighted by Gasteiger charge is 2.60. The van der Waals surface area contributed by atoms with Gasteiger partial charge >= 0.3 is 18.0 Å². The Kier molecular flexibility index (Phi) is 7.04. The molecule has 0 spiro atoms. The van der Waals surface area contributed by atoms with Gasteiger partial charge in [0.1, 0.15) is 18.2 Å². The molecule has 2 atom stereocenters. The van der Waals surface area contributed by atoms with Gasteiger partial charge in [-0.3, -0.25) is 0 Å². The van der Waals surface area contributed by atoms with Crippen molar-refractivity contribution in [2.75, 3.05) is 0 Å². The lowest BCUT2D eigenvalue weighted by Crippen LogP contribution is -2.52. The standard InChI is InChI=1S/C28H26ClNO6/c1-27(2,3)36-25(32)28(22-12-8-7-11-21(22)24(31)35-28)23(19-13-15-20(29)16-14-19)30-26(33)34-17-18-9-5-4-6-10-18/h4-16,23H,17H2,1-3H3,(H,30,33)/t23-,28+/m0/s1. The molecule has 1 aliphatic heterocycles. The van der Waals surface area contributed by atoms with Gasteiger partial charge in [-0.15, -0.1) is 0 Å². The molecule has 0 unspecified atom stereocenters. The molecule has 0 radical (unpaired) electrons. The quantitative estimate of drug-likeness (QED) is 0.339. The van der Waals surface area contributed by atoms with Crippen molar-refractivity contribution in [3.63, 3.8) is 0 Å². The molecule has 1 aliphatic rings. The van der Waals surface area contributed by atoms with E-state index in [1.807, 2.05) is 30.3 Å². The third-order valence-electron chi connectivity index (χ3n) is 5.59. The van der Waals surface area contributed by atoms with Crippen molar-refractivity contribution in [1.82, 2.24) is 5.32 Å². The molecule has 1 amide bonds. The van der Waals surface area contributed by atoms with Crippen LogP contribution in [-0.2, 0) is 31.2 Å². The van der Waals surface area contributed by atoms with Crippen molar-refractivity contribution in [1.29, 1.82) is 0 Å². The van der Waals surface area contributed by atoms with Gasteiger partial charge in [-0.1, -0.05) is 72.3 Å². The third-order valence-corrected chi connectivity index (χ3v) is 5.84. The fourth-order valence-electron chi connectivity index (χ4n) is 4.04. The summed E-state index contributed by atoms with van der Waals surface area (Å²) in [4.78, 5) is 39.8. The first-order chi connectivity index (χ1) is 17.1. The third kappa shape index (κ3) is 5.21. The van der Waals surface area contributed by atoms with E-state index in [1.54, 1.807) is 69.3 Å². The number of amides is 1. The van der Waals surface area contributed by atoms with Crippen LogP contribution in [0.2, 0.25) is 5.02 Å². The fourth-order valence-corrected chi connectivity index (χ4v) is 4.16. The van der Waals surface area contributed by atoms with Crippen molar-refractivity contribution >= 4 is 29.6 Å². The van der Waals surface area contributed by atoms with Crippen LogP contribution in [0, 0.1) is 0 Å². The molecule has 0 bridgehead atoms. The number of cyclic esters (lactones) is 1. The number of carbonyl (C=O) groups excluding carboxylic acids is 3. The van der Waals surface area contributed by atoms with Gasteiger partial charge in [0.15, 0.2) is 0 Å². The number of halogens is 1. The normalized spacial score (nSPS) is 17.5. The Labute approximate surface area is 214 Å². The van der Waals surface area contributed by atoms with Gasteiger partial charge in [0, 0.05) is 10.6 Å². The number of benzene rings is 3. The highest BCUT2D eigenvalue weighted by molar-refractivity contribution is 6.30. The molecule has 1 heterocycles. The molecule has 8 heteroatoms. The van der Waals surface area contributed by atoms with Gasteiger partial charge in [-0.2, -0.15) is 0 Å². The minimum atomic E-state index is -2.00. The zero-order valence-corrected chi connectivity index (χ0v) is 20.9. The zero-order chi connectivity index (χ0) is 25.9. The molecule has 0 aliphatic carbocycles. The summed E-state index contributed by atoms with van der Waals surface area (Å²) in [6.45, 7) is 5.14. The van der Waals surface area contributed by atoms with Gasteiger partial charge in [-0.05, 0) is 50.1 Å². The van der Waals surface area contributed by atoms with E-state index in [0.29, 0.717) is 10.6 Å². The molecule has 3 aromatic carbocycles. The Bertz CT molecular complexity index is 1270. The molecule has 3 aromatic rings. The van der Waals surface area contributed by atoms with Crippen LogP contribution in [0.1, 0.15) is 53.9 Å². The molecule has 0 saturated heterocycles. The number of nitrogens with one attached hydrogen (secondary N) is 1. The van der Waals surface area contributed by atoms with Crippen molar-refractivity contribution in [2.45, 2.75) is 44.6 Å². The van der Waals surface area contributed by atoms with E-state index in [1.165, 1.54) is 0 Å². The first kappa shape index (κ1) is 25.3. The largest absolute Gasteiger partial charge is 0.457 e. The maximum atomic E-state index is 13.8. The van der Waals surface area contributed by atoms with Crippen molar-refractivity contribution in [2.24, 2.45) is 0 Å². The second-order valence-electron chi connectivity index (χ2n) is 9.36. The van der Waals surface area contributed by atoms with Crippen LogP contribution in [0.4, 0.5) is 4.79 Å². The highest BCUT2D eigenvalue weighted by Crippen LogP contribution is 2.47. The number of ether oxygens (including phenoxy) is 3. The van der Waals surface area contributed by atoms with Gasteiger partial charge in [0.05, 0.1) is 5.56 Å². The Hall–Kier alpha value is -3.84. The van der Waals surface area contributed by atoms with Gasteiger partial charge < -0.3 is 19.5 Å². The molecule has 0 saturated carbocycles. The van der Waals surface area contributed by atoms with Gasteiger partial charge in [0.25, 0.3) is 5.60 Å². The van der Waals surface area contributed by atoms with Crippen LogP contribution in [0.3, 0.4) is 0 Å². The Balaban J connectivity index is 1.78. The molecular weight excluding hydrogens is 482 g/mol. The molecule has 0 aromatic heterocycles. The first-order valence-electron chi connectivity index (χ1n) is 11.4. The summed E-state index contributed by atoms with van der Waals surface area (Å²) in [7, 11) is 0. The van der Waals surface area contributed by atoms with E-state index >= 15 is 0 Å². The Morgan fingerprint density at radius 2 is 1.61 bits per heavy atom. The van der Waals surface area contributed by atoms with Crippen molar-refractivity contribution in [3.8, 4) is 0 Å². The second kappa shape index (κ2) is 10.0. The minimum absolute atomic E-state index is 0.00975. The predicted molar refractivity (Wildman–Crippen MR) is 133 cm³/mol. The summed E-state index contributed by atoms with van der Waals surface area (Å²) in [5.74, 6) is -1.52. The Morgan fingerprint density at radius 3 is 2.28 bits per heavy atom. The molecule has 7 nitrogen and oxygen atoms in total. The van der Waals surface area contributed by atoms with Crippen LogP contribution < -0.4 is 5.32 Å². The monoisotopic (exact) mass is 507 g/mol. The lowest BCUT2D eigenvalue weighted by atomic mass is 9.81. The van der Waals surface area contributed by atoms with Gasteiger partial charge in [-0.25, -0.2) is 14.4 Å². The topological polar surface area (TPSA) is 90.9 Å². The first-order valence-corrected chi connectivity index (χ1v) is 11.8. The number of hydrogen-bond donors (Lipinski definition) is 1. The number of fused-ring (bicyclic) bond motifs is 1. The highest BCUT2D eigenvalue weighted by atomic mass is 35.5. The van der Waals surface area contributed by atoms with Crippen molar-refractivity contribution in [3.05, 3.63) is 106 Å². The van der Waals surface area contributed by atoms with Gasteiger partial charge in [0.2, 0.25) is 0 Å². The average molecular weight is 508 g/mol. The smallest absolute Gasteiger partial charge is 0.408 e. The molecule has 186 valence electrons. The van der Waals surface area contributed by atoms with E-state index in [9.17, 15) is 14.4 Å². The van der Waals surface area contributed by atoms with Crippen LogP contribution in [0.25, 0.3) is 0 Å². The van der Waals surface area contributed by atoms with E-state index in [-0.39, 0.29) is 17.7 Å². The minimum Gasteiger partial charge on any atom is -0.457 e. The molecular formula is C28H26ClNO6. The number of carbonyl (C=O) groups is 3. The summed E-state index contributed by atoms with van der Waals surface area (Å²) >= 11 is 6.10. The summed E-state index contributed by atoms with van der Waals surface area (Å²) in [6, 6.07) is 21.0. The predicted octanol–water partition coefficient (Wildman–Crippen LogP) is 5.72. The SMILES string of the molecule is CC(C)(C)OC(=O)[C@@]1([C@@H](NC(=O)OCc2ccccc2)c2ccc(Cl)cc2)OC(=O)c2ccccc21. The number of rotatable bonds is 6. The van der Waals surface area contributed by atoms with E-state index in [0.717, 1.165) is 5.56 Å². The second-order valence-corrected chi connectivity index (χ2v) is 9.80. The van der Waals surface area contributed by atoms with E-state index in [2.05, 4.69) is 5.32 Å². The van der Waals surface area contributed by atoms with E-state index < -0.39 is 35.3 Å². The number of alkyl carbamates (subject to hydrolysis) is 1. The summed E-state index contributed by atoms with van der Waals surface area (Å²) < 4.78 is 17.0. The Morgan fingerprint density at radius 1 is 0.972 bits per heavy atom. The van der Waals surface area contributed by atoms with Crippen LogP contribution in [0.15, 0.2) is 78.9 Å². The van der Waals surface area contributed by atoms with Crippen LogP contribution in [-0.4, -0.2) is 23.6 Å². The molecule has 1 N–H and O–H groups in total. The summed E-state index contributed by atoms with van der Waals surface area (Å²) in [5.41, 5.74) is -1.15. The zero-order valence-electron chi connectivity index (χ0n) is 20.1. The fraction of sp³-hybridized carbons (Fsp3) is 0.250. The molecule has 0 fully saturated rings. The molecule has 36 heavy (non-hydrogen) atoms. The lowest BCUT2D eigenvalue weighted by molar-refractivity contribution is -0.181. The van der Waals surface area contributed by atoms with E-state index in [4.69, 9.17) is 25.8 Å². The maximum absolute atomic E-state index is 13.8. The summed E-state index contributed by atoms with van der Waals surface area (Å²) in [6.07, 6.45) is -0.804. The van der Waals surface area contributed by atoms with Crippen molar-refractivity contribution < 1.29 is 28.6 Å².